The molecule has 0 fully saturated rings. The number of benzene rings is 1. The number of nitrogens with one attached hydrogen (secondary N) is 1. The first-order valence-corrected chi connectivity index (χ1v) is 7.84. The zero-order chi connectivity index (χ0) is 15.5. The van der Waals surface area contributed by atoms with Gasteiger partial charge in [-0.2, -0.15) is 5.10 Å². The SMILES string of the molecule is CC(NC(=O)c1cccc(-n2cncn2)c1)c1ccc(Cl)s1. The number of rotatable bonds is 4. The largest absolute Gasteiger partial charge is 0.345 e. The van der Waals surface area contributed by atoms with Gasteiger partial charge in [0.05, 0.1) is 16.1 Å². The van der Waals surface area contributed by atoms with Crippen molar-refractivity contribution < 1.29 is 4.79 Å². The van der Waals surface area contributed by atoms with E-state index in [4.69, 9.17) is 11.6 Å². The Bertz CT molecular complexity index is 784. The van der Waals surface area contributed by atoms with E-state index in [1.165, 1.54) is 17.7 Å². The number of hydrogen-bond acceptors (Lipinski definition) is 4. The summed E-state index contributed by atoms with van der Waals surface area (Å²) in [5, 5.41) is 7.02. The standard InChI is InChI=1S/C15H13ClN4OS/c1-10(13-5-6-14(16)22-13)19-15(21)11-3-2-4-12(7-11)20-9-17-8-18-20/h2-10H,1H3,(H,19,21). The van der Waals surface area contributed by atoms with Gasteiger partial charge in [0.1, 0.15) is 12.7 Å². The summed E-state index contributed by atoms with van der Waals surface area (Å²) in [5.41, 5.74) is 1.36. The topological polar surface area (TPSA) is 59.8 Å². The van der Waals surface area contributed by atoms with Crippen LogP contribution in [0, 0.1) is 0 Å². The Labute approximate surface area is 136 Å². The molecule has 1 N–H and O–H groups in total. The fraction of sp³-hybridized carbons (Fsp3) is 0.133. The molecule has 0 spiro atoms. The highest BCUT2D eigenvalue weighted by molar-refractivity contribution is 7.16. The van der Waals surface area contributed by atoms with E-state index in [0.29, 0.717) is 9.90 Å². The number of thiophene rings is 1. The smallest absolute Gasteiger partial charge is 0.251 e. The van der Waals surface area contributed by atoms with Crippen LogP contribution in [0.25, 0.3) is 5.69 Å². The predicted molar refractivity (Wildman–Crippen MR) is 86.6 cm³/mol. The molecule has 112 valence electrons. The van der Waals surface area contributed by atoms with Crippen molar-refractivity contribution in [2.45, 2.75) is 13.0 Å². The zero-order valence-corrected chi connectivity index (χ0v) is 13.3. The zero-order valence-electron chi connectivity index (χ0n) is 11.7. The Morgan fingerprint density at radius 3 is 2.91 bits per heavy atom. The summed E-state index contributed by atoms with van der Waals surface area (Å²) in [6.45, 7) is 1.93. The Morgan fingerprint density at radius 2 is 2.23 bits per heavy atom. The maximum atomic E-state index is 12.4. The highest BCUT2D eigenvalue weighted by Gasteiger charge is 2.13. The molecule has 0 saturated heterocycles. The van der Waals surface area contributed by atoms with Gasteiger partial charge in [0, 0.05) is 10.4 Å². The Balaban J connectivity index is 1.76. The van der Waals surface area contributed by atoms with Crippen molar-refractivity contribution in [2.24, 2.45) is 0 Å². The van der Waals surface area contributed by atoms with Crippen LogP contribution in [0.3, 0.4) is 0 Å². The molecule has 2 aromatic heterocycles. The monoisotopic (exact) mass is 332 g/mol. The first kappa shape index (κ1) is 14.7. The third kappa shape index (κ3) is 3.18. The van der Waals surface area contributed by atoms with Crippen LogP contribution in [-0.2, 0) is 0 Å². The van der Waals surface area contributed by atoms with Crippen molar-refractivity contribution in [3.05, 3.63) is 63.8 Å². The van der Waals surface area contributed by atoms with E-state index in [2.05, 4.69) is 15.4 Å². The van der Waals surface area contributed by atoms with Gasteiger partial charge in [0.15, 0.2) is 0 Å². The molecule has 5 nitrogen and oxygen atoms in total. The molecular formula is C15H13ClN4OS. The van der Waals surface area contributed by atoms with Crippen LogP contribution in [0.5, 0.6) is 0 Å². The van der Waals surface area contributed by atoms with Gasteiger partial charge in [-0.1, -0.05) is 17.7 Å². The second-order valence-electron chi connectivity index (χ2n) is 4.73. The van der Waals surface area contributed by atoms with Crippen LogP contribution in [0.1, 0.15) is 28.2 Å². The molecule has 1 aromatic carbocycles. The van der Waals surface area contributed by atoms with Crippen LogP contribution in [0.15, 0.2) is 49.1 Å². The first-order chi connectivity index (χ1) is 10.6. The van der Waals surface area contributed by atoms with Crippen LogP contribution >= 0.6 is 22.9 Å². The lowest BCUT2D eigenvalue weighted by molar-refractivity contribution is 0.0940. The number of carbonyl (C=O) groups excluding carboxylic acids is 1. The van der Waals surface area contributed by atoms with Crippen molar-refractivity contribution in [2.75, 3.05) is 0 Å². The summed E-state index contributed by atoms with van der Waals surface area (Å²) in [7, 11) is 0. The van der Waals surface area contributed by atoms with Crippen LogP contribution in [0.2, 0.25) is 4.34 Å². The molecule has 0 aliphatic heterocycles. The molecule has 0 bridgehead atoms. The first-order valence-electron chi connectivity index (χ1n) is 6.64. The Kier molecular flexibility index (Phi) is 4.22. The molecule has 0 aliphatic carbocycles. The minimum absolute atomic E-state index is 0.0972. The molecular weight excluding hydrogens is 320 g/mol. The van der Waals surface area contributed by atoms with Gasteiger partial charge in [0.25, 0.3) is 5.91 Å². The highest BCUT2D eigenvalue weighted by atomic mass is 35.5. The maximum Gasteiger partial charge on any atom is 0.251 e. The van der Waals surface area contributed by atoms with E-state index < -0.39 is 0 Å². The van der Waals surface area contributed by atoms with Gasteiger partial charge in [-0.05, 0) is 37.3 Å². The van der Waals surface area contributed by atoms with E-state index in [0.717, 1.165) is 10.6 Å². The van der Waals surface area contributed by atoms with Gasteiger partial charge in [-0.15, -0.1) is 11.3 Å². The number of nitrogens with zero attached hydrogens (tertiary/aromatic N) is 3. The molecule has 1 unspecified atom stereocenters. The van der Waals surface area contributed by atoms with Gasteiger partial charge in [-0.25, -0.2) is 9.67 Å². The lowest BCUT2D eigenvalue weighted by atomic mass is 10.1. The number of halogens is 1. The molecule has 1 amide bonds. The fourth-order valence-corrected chi connectivity index (χ4v) is 3.11. The van der Waals surface area contributed by atoms with E-state index in [-0.39, 0.29) is 11.9 Å². The van der Waals surface area contributed by atoms with Gasteiger partial charge < -0.3 is 5.32 Å². The second-order valence-corrected chi connectivity index (χ2v) is 6.47. The second kappa shape index (κ2) is 6.29. The van der Waals surface area contributed by atoms with Gasteiger partial charge in [0.2, 0.25) is 0 Å². The summed E-state index contributed by atoms with van der Waals surface area (Å²) in [4.78, 5) is 17.3. The minimum atomic E-state index is -0.140. The van der Waals surface area contributed by atoms with E-state index in [1.54, 1.807) is 23.1 Å². The van der Waals surface area contributed by atoms with Crippen LogP contribution in [-0.4, -0.2) is 20.7 Å². The fourth-order valence-electron chi connectivity index (χ4n) is 2.04. The lowest BCUT2D eigenvalue weighted by Crippen LogP contribution is -2.26. The summed E-state index contributed by atoms with van der Waals surface area (Å²) >= 11 is 7.39. The average Bonchev–Trinajstić information content (AvgIpc) is 3.18. The molecule has 2 heterocycles. The minimum Gasteiger partial charge on any atom is -0.345 e. The quantitative estimate of drug-likeness (QED) is 0.795. The lowest BCUT2D eigenvalue weighted by Gasteiger charge is -2.12. The molecule has 0 radical (unpaired) electrons. The number of aromatic nitrogens is 3. The molecule has 3 aromatic rings. The Morgan fingerprint density at radius 1 is 1.36 bits per heavy atom. The van der Waals surface area contributed by atoms with Crippen molar-refractivity contribution >= 4 is 28.8 Å². The summed E-state index contributed by atoms with van der Waals surface area (Å²) in [6.07, 6.45) is 3.04. The summed E-state index contributed by atoms with van der Waals surface area (Å²) < 4.78 is 2.32. The van der Waals surface area contributed by atoms with Crippen molar-refractivity contribution in [1.82, 2.24) is 20.1 Å². The van der Waals surface area contributed by atoms with Crippen molar-refractivity contribution in [3.63, 3.8) is 0 Å². The summed E-state index contributed by atoms with van der Waals surface area (Å²) in [6, 6.07) is 10.9. The molecule has 3 rings (SSSR count). The molecule has 7 heteroatoms. The normalized spacial score (nSPS) is 12.1. The van der Waals surface area contributed by atoms with Crippen molar-refractivity contribution in [1.29, 1.82) is 0 Å². The van der Waals surface area contributed by atoms with Crippen LogP contribution < -0.4 is 5.32 Å². The number of carbonyl (C=O) groups is 1. The Hall–Kier alpha value is -2.18. The predicted octanol–water partition coefficient (Wildman–Crippen LogP) is 3.47. The highest BCUT2D eigenvalue weighted by Crippen LogP contribution is 2.26. The average molecular weight is 333 g/mol. The van der Waals surface area contributed by atoms with Crippen LogP contribution in [0.4, 0.5) is 0 Å². The molecule has 1 atom stereocenters. The maximum absolute atomic E-state index is 12.4. The number of hydrogen-bond donors (Lipinski definition) is 1. The summed E-state index contributed by atoms with van der Waals surface area (Å²) in [5.74, 6) is -0.140. The van der Waals surface area contributed by atoms with Gasteiger partial charge in [-0.3, -0.25) is 4.79 Å². The van der Waals surface area contributed by atoms with E-state index in [1.807, 2.05) is 31.2 Å². The number of amides is 1. The molecule has 22 heavy (non-hydrogen) atoms. The van der Waals surface area contributed by atoms with E-state index in [9.17, 15) is 4.79 Å². The third-order valence-corrected chi connectivity index (χ3v) is 4.57. The third-order valence-electron chi connectivity index (χ3n) is 3.16. The van der Waals surface area contributed by atoms with E-state index >= 15 is 0 Å². The molecule has 0 saturated carbocycles. The van der Waals surface area contributed by atoms with Gasteiger partial charge >= 0.3 is 0 Å². The van der Waals surface area contributed by atoms with Crippen molar-refractivity contribution in [3.8, 4) is 5.69 Å². The molecule has 0 aliphatic rings.